The zero-order valence-corrected chi connectivity index (χ0v) is 10.1. The van der Waals surface area contributed by atoms with Gasteiger partial charge in [-0.15, -0.1) is 0 Å². The molecule has 0 spiro atoms. The fraction of sp³-hybridized carbons (Fsp3) is 0.308. The van der Waals surface area contributed by atoms with Crippen LogP contribution in [0, 0.1) is 0 Å². The van der Waals surface area contributed by atoms with Crippen molar-refractivity contribution in [1.29, 1.82) is 0 Å². The van der Waals surface area contributed by atoms with Crippen molar-refractivity contribution in [2.75, 3.05) is 5.32 Å². The van der Waals surface area contributed by atoms with Crippen molar-refractivity contribution in [2.45, 2.75) is 26.6 Å². The fourth-order valence-corrected chi connectivity index (χ4v) is 1.64. The minimum Gasteiger partial charge on any atom is -0.449 e. The third kappa shape index (κ3) is 2.58. The van der Waals surface area contributed by atoms with Gasteiger partial charge < -0.3 is 14.8 Å². The molecule has 0 aliphatic carbocycles. The number of anilines is 1. The van der Waals surface area contributed by atoms with E-state index in [0.717, 1.165) is 0 Å². The van der Waals surface area contributed by atoms with E-state index in [2.05, 4.69) is 5.32 Å². The molecule has 0 saturated carbocycles. The Morgan fingerprint density at radius 3 is 2.71 bits per heavy atom. The summed E-state index contributed by atoms with van der Waals surface area (Å²) in [4.78, 5) is 11.4. The van der Waals surface area contributed by atoms with Crippen molar-refractivity contribution in [3.63, 3.8) is 0 Å². The summed E-state index contributed by atoms with van der Waals surface area (Å²) in [6.07, 6.45) is 3.15. The summed E-state index contributed by atoms with van der Waals surface area (Å²) >= 11 is 0. The van der Waals surface area contributed by atoms with Gasteiger partial charge in [0, 0.05) is 25.6 Å². The molecule has 0 bridgehead atoms. The van der Waals surface area contributed by atoms with Gasteiger partial charge in [-0.2, -0.15) is 0 Å². The molecule has 4 heteroatoms. The Kier molecular flexibility index (Phi) is 2.79. The Bertz CT molecular complexity index is 478. The molecule has 0 radical (unpaired) electrons. The lowest BCUT2D eigenvalue weighted by atomic mass is 10.2. The van der Waals surface area contributed by atoms with Crippen LogP contribution in [0.5, 0.6) is 11.5 Å². The van der Waals surface area contributed by atoms with Gasteiger partial charge in [-0.25, -0.2) is 0 Å². The second-order valence-corrected chi connectivity index (χ2v) is 4.25. The Labute approximate surface area is 100 Å². The maximum absolute atomic E-state index is 11.4. The fourth-order valence-electron chi connectivity index (χ4n) is 1.64. The predicted octanol–water partition coefficient (Wildman–Crippen LogP) is 2.71. The zero-order valence-electron chi connectivity index (χ0n) is 10.1. The second kappa shape index (κ2) is 4.13. The number of fused-ring (bicyclic) bond motifs is 1. The molecule has 2 rings (SSSR count). The molecule has 0 atom stereocenters. The number of carbonyl (C=O) groups excluding carboxylic acids is 1. The number of carbonyl (C=O) groups is 1. The molecule has 0 aromatic heterocycles. The number of hydrogen-bond acceptors (Lipinski definition) is 3. The second-order valence-electron chi connectivity index (χ2n) is 4.25. The van der Waals surface area contributed by atoms with Crippen LogP contribution in [0.3, 0.4) is 0 Å². The van der Waals surface area contributed by atoms with Crippen molar-refractivity contribution in [3.05, 3.63) is 30.4 Å². The van der Waals surface area contributed by atoms with E-state index in [4.69, 9.17) is 9.47 Å². The first-order chi connectivity index (χ1) is 8.00. The number of ether oxygens (including phenoxy) is 2. The van der Waals surface area contributed by atoms with E-state index in [1.54, 1.807) is 31.2 Å². The Morgan fingerprint density at radius 1 is 1.29 bits per heavy atom. The SMILES string of the molecule is CC=CC(=O)Nc1ccc2c(c1)OC(C)(C)O2. The van der Waals surface area contributed by atoms with E-state index >= 15 is 0 Å². The van der Waals surface area contributed by atoms with Crippen LogP contribution >= 0.6 is 0 Å². The third-order valence-corrected chi connectivity index (χ3v) is 2.24. The molecule has 1 aliphatic rings. The van der Waals surface area contributed by atoms with Crippen LogP contribution in [-0.4, -0.2) is 11.7 Å². The van der Waals surface area contributed by atoms with Gasteiger partial charge in [0.25, 0.3) is 0 Å². The first kappa shape index (κ1) is 11.5. The molecule has 1 amide bonds. The van der Waals surface area contributed by atoms with E-state index in [0.29, 0.717) is 17.2 Å². The quantitative estimate of drug-likeness (QED) is 0.799. The third-order valence-electron chi connectivity index (χ3n) is 2.24. The summed E-state index contributed by atoms with van der Waals surface area (Å²) in [5.74, 6) is 0.534. The first-order valence-electron chi connectivity index (χ1n) is 5.46. The summed E-state index contributed by atoms with van der Waals surface area (Å²) in [6, 6.07) is 5.33. The molecular weight excluding hydrogens is 218 g/mol. The van der Waals surface area contributed by atoms with E-state index in [9.17, 15) is 4.79 Å². The minimum absolute atomic E-state index is 0.161. The highest BCUT2D eigenvalue weighted by Gasteiger charge is 2.31. The number of rotatable bonds is 2. The lowest BCUT2D eigenvalue weighted by Gasteiger charge is -2.16. The Balaban J connectivity index is 2.16. The molecule has 1 heterocycles. The lowest BCUT2D eigenvalue weighted by molar-refractivity contribution is -0.111. The maximum Gasteiger partial charge on any atom is 0.248 e. The number of nitrogens with one attached hydrogen (secondary N) is 1. The molecule has 1 aromatic rings. The summed E-state index contributed by atoms with van der Waals surface area (Å²) in [7, 11) is 0. The van der Waals surface area contributed by atoms with Gasteiger partial charge in [-0.05, 0) is 25.1 Å². The summed E-state index contributed by atoms with van der Waals surface area (Å²) in [5.41, 5.74) is 0.688. The van der Waals surface area contributed by atoms with E-state index < -0.39 is 5.79 Å². The topological polar surface area (TPSA) is 47.6 Å². The van der Waals surface area contributed by atoms with Gasteiger partial charge in [0.1, 0.15) is 0 Å². The standard InChI is InChI=1S/C13H15NO3/c1-4-5-12(15)14-9-6-7-10-11(8-9)17-13(2,3)16-10/h4-8H,1-3H3,(H,14,15). The van der Waals surface area contributed by atoms with Gasteiger partial charge in [0.2, 0.25) is 11.7 Å². The highest BCUT2D eigenvalue weighted by atomic mass is 16.7. The van der Waals surface area contributed by atoms with Crippen molar-refractivity contribution < 1.29 is 14.3 Å². The molecule has 0 unspecified atom stereocenters. The van der Waals surface area contributed by atoms with Gasteiger partial charge in [0.15, 0.2) is 11.5 Å². The Hall–Kier alpha value is -1.97. The van der Waals surface area contributed by atoms with Crippen molar-refractivity contribution >= 4 is 11.6 Å². The van der Waals surface area contributed by atoms with Crippen molar-refractivity contribution in [3.8, 4) is 11.5 Å². The summed E-state index contributed by atoms with van der Waals surface area (Å²) < 4.78 is 11.1. The van der Waals surface area contributed by atoms with Crippen LogP contribution in [0.1, 0.15) is 20.8 Å². The van der Waals surface area contributed by atoms with E-state index in [1.165, 1.54) is 6.08 Å². The largest absolute Gasteiger partial charge is 0.449 e. The van der Waals surface area contributed by atoms with E-state index in [1.807, 2.05) is 13.8 Å². The van der Waals surface area contributed by atoms with Gasteiger partial charge in [0.05, 0.1) is 0 Å². The number of hydrogen-bond donors (Lipinski definition) is 1. The normalized spacial score (nSPS) is 16.2. The van der Waals surface area contributed by atoms with Crippen LogP contribution < -0.4 is 14.8 Å². The average molecular weight is 233 g/mol. The van der Waals surface area contributed by atoms with Crippen LogP contribution in [-0.2, 0) is 4.79 Å². The monoisotopic (exact) mass is 233 g/mol. The number of allylic oxidation sites excluding steroid dienone is 1. The van der Waals surface area contributed by atoms with Crippen molar-refractivity contribution in [1.82, 2.24) is 0 Å². The molecule has 1 aromatic carbocycles. The molecule has 90 valence electrons. The van der Waals surface area contributed by atoms with Crippen LogP contribution in [0.15, 0.2) is 30.4 Å². The lowest BCUT2D eigenvalue weighted by Crippen LogP contribution is -2.29. The molecule has 0 fully saturated rings. The van der Waals surface area contributed by atoms with Crippen molar-refractivity contribution in [2.24, 2.45) is 0 Å². The smallest absolute Gasteiger partial charge is 0.248 e. The van der Waals surface area contributed by atoms with E-state index in [-0.39, 0.29) is 5.91 Å². The number of benzene rings is 1. The van der Waals surface area contributed by atoms with Crippen LogP contribution in [0.25, 0.3) is 0 Å². The van der Waals surface area contributed by atoms with Gasteiger partial charge in [-0.3, -0.25) is 4.79 Å². The maximum atomic E-state index is 11.4. The molecule has 17 heavy (non-hydrogen) atoms. The molecule has 1 N–H and O–H groups in total. The number of amides is 1. The molecule has 4 nitrogen and oxygen atoms in total. The van der Waals surface area contributed by atoms with Gasteiger partial charge >= 0.3 is 0 Å². The Morgan fingerprint density at radius 2 is 2.00 bits per heavy atom. The molecular formula is C13H15NO3. The highest BCUT2D eigenvalue weighted by molar-refractivity contribution is 5.99. The summed E-state index contributed by atoms with van der Waals surface area (Å²) in [5, 5.41) is 2.74. The predicted molar refractivity (Wildman–Crippen MR) is 65.2 cm³/mol. The first-order valence-corrected chi connectivity index (χ1v) is 5.46. The zero-order chi connectivity index (χ0) is 12.5. The molecule has 0 saturated heterocycles. The highest BCUT2D eigenvalue weighted by Crippen LogP contribution is 2.40. The van der Waals surface area contributed by atoms with Crippen LogP contribution in [0.2, 0.25) is 0 Å². The molecule has 1 aliphatic heterocycles. The minimum atomic E-state index is -0.645. The summed E-state index contributed by atoms with van der Waals surface area (Å²) in [6.45, 7) is 5.47. The van der Waals surface area contributed by atoms with Gasteiger partial charge in [-0.1, -0.05) is 6.08 Å². The van der Waals surface area contributed by atoms with Crippen LogP contribution in [0.4, 0.5) is 5.69 Å². The average Bonchev–Trinajstić information content (AvgIpc) is 2.51.